The van der Waals surface area contributed by atoms with Gasteiger partial charge < -0.3 is 26.3 Å². The zero-order chi connectivity index (χ0) is 24.9. The molecule has 0 fully saturated rings. The largest absolute Gasteiger partial charge is 0.490 e. The minimum Gasteiger partial charge on any atom is -0.490 e. The minimum absolute atomic E-state index is 0.0110. The van der Waals surface area contributed by atoms with E-state index in [2.05, 4.69) is 20.6 Å². The molecule has 0 radical (unpaired) electrons. The molecule has 1 unspecified atom stereocenters. The zero-order valence-corrected chi connectivity index (χ0v) is 19.3. The van der Waals surface area contributed by atoms with Crippen LogP contribution < -0.4 is 31.6 Å². The van der Waals surface area contributed by atoms with E-state index in [1.54, 1.807) is 6.07 Å². The fourth-order valence-corrected chi connectivity index (χ4v) is 3.83. The Kier molecular flexibility index (Phi) is 6.56. The van der Waals surface area contributed by atoms with E-state index in [1.165, 1.54) is 0 Å². The van der Waals surface area contributed by atoms with Crippen molar-refractivity contribution in [1.82, 2.24) is 10.3 Å². The second kappa shape index (κ2) is 9.89. The van der Waals surface area contributed by atoms with Gasteiger partial charge in [0, 0.05) is 5.56 Å². The monoisotopic (exact) mass is 468 g/mol. The number of pyridine rings is 1. The first-order valence-corrected chi connectivity index (χ1v) is 10.9. The van der Waals surface area contributed by atoms with Gasteiger partial charge in [0.2, 0.25) is 5.96 Å². The predicted molar refractivity (Wildman–Crippen MR) is 133 cm³/mol. The van der Waals surface area contributed by atoms with Gasteiger partial charge in [0.25, 0.3) is 0 Å². The van der Waals surface area contributed by atoms with E-state index < -0.39 is 6.04 Å². The molecule has 1 atom stereocenters. The fraction of sp³-hybridized carbons (Fsp3) is 0.200. The summed E-state index contributed by atoms with van der Waals surface area (Å²) >= 11 is 0. The summed E-state index contributed by atoms with van der Waals surface area (Å²) in [6.07, 6.45) is 1.84. The molecule has 1 aliphatic rings. The number of nitrogen functional groups attached to an aromatic ring is 2. The molecule has 2 aromatic carbocycles. The van der Waals surface area contributed by atoms with E-state index in [-0.39, 0.29) is 23.0 Å². The maximum Gasteiger partial charge on any atom is 0.211 e. The average molecular weight is 469 g/mol. The predicted octanol–water partition coefficient (Wildman–Crippen LogP) is 3.35. The molecule has 1 aliphatic heterocycles. The van der Waals surface area contributed by atoms with Gasteiger partial charge in [0.15, 0.2) is 17.7 Å². The lowest BCUT2D eigenvalue weighted by molar-refractivity contribution is 0.268. The Bertz CT molecular complexity index is 1390. The van der Waals surface area contributed by atoms with E-state index in [4.69, 9.17) is 26.2 Å². The van der Waals surface area contributed by atoms with Crippen molar-refractivity contribution >= 4 is 23.3 Å². The summed E-state index contributed by atoms with van der Waals surface area (Å²) in [7, 11) is 0. The third-order valence-electron chi connectivity index (χ3n) is 5.59. The molecule has 35 heavy (non-hydrogen) atoms. The van der Waals surface area contributed by atoms with Gasteiger partial charge in [-0.2, -0.15) is 10.5 Å². The molecule has 10 nitrogen and oxygen atoms in total. The Hall–Kier alpha value is -4.96. The minimum atomic E-state index is -0.674. The highest BCUT2D eigenvalue weighted by Crippen LogP contribution is 2.42. The number of nitrogens with one attached hydrogen (secondary N) is 2. The van der Waals surface area contributed by atoms with Gasteiger partial charge in [-0.1, -0.05) is 30.3 Å². The number of rotatable bonds is 6. The number of hydrogen-bond acceptors (Lipinski definition) is 10. The highest BCUT2D eigenvalue weighted by atomic mass is 16.5. The summed E-state index contributed by atoms with van der Waals surface area (Å²) in [6.45, 7) is 4.73. The third kappa shape index (κ3) is 4.59. The van der Waals surface area contributed by atoms with E-state index in [0.717, 1.165) is 11.1 Å². The van der Waals surface area contributed by atoms with Crippen LogP contribution in [0.4, 0.5) is 17.3 Å². The van der Waals surface area contributed by atoms with Crippen LogP contribution in [0.5, 0.6) is 11.5 Å². The van der Waals surface area contributed by atoms with Crippen molar-refractivity contribution in [3.63, 3.8) is 0 Å². The molecule has 0 bridgehead atoms. The molecule has 1 aromatic heterocycles. The second-order valence-electron chi connectivity index (χ2n) is 7.76. The number of hydrogen-bond donors (Lipinski definition) is 4. The van der Waals surface area contributed by atoms with E-state index in [9.17, 15) is 5.26 Å². The molecule has 4 rings (SSSR count). The van der Waals surface area contributed by atoms with E-state index >= 15 is 0 Å². The number of fused-ring (bicyclic) bond motifs is 1. The summed E-state index contributed by atoms with van der Waals surface area (Å²) in [6, 6.07) is 14.8. The molecule has 0 saturated carbocycles. The lowest BCUT2D eigenvalue weighted by atomic mass is 9.95. The fourth-order valence-electron chi connectivity index (χ4n) is 3.83. The van der Waals surface area contributed by atoms with Crippen molar-refractivity contribution in [3.8, 4) is 23.8 Å². The zero-order valence-electron chi connectivity index (χ0n) is 19.3. The molecule has 0 spiro atoms. The first-order chi connectivity index (χ1) is 17.0. The maximum absolute atomic E-state index is 9.52. The number of guanidine groups is 1. The van der Waals surface area contributed by atoms with E-state index in [1.807, 2.05) is 62.5 Å². The van der Waals surface area contributed by atoms with Crippen LogP contribution in [-0.2, 0) is 6.61 Å². The van der Waals surface area contributed by atoms with Crippen LogP contribution in [0.3, 0.4) is 0 Å². The van der Waals surface area contributed by atoms with Gasteiger partial charge in [-0.15, -0.1) is 0 Å². The Morgan fingerprint density at radius 3 is 2.63 bits per heavy atom. The van der Waals surface area contributed by atoms with Gasteiger partial charge in [0.05, 0.1) is 12.3 Å². The van der Waals surface area contributed by atoms with Crippen molar-refractivity contribution in [3.05, 3.63) is 70.3 Å². The number of nitrogens with two attached hydrogens (primary N) is 2. The highest BCUT2D eigenvalue weighted by molar-refractivity contribution is 5.98. The quantitative estimate of drug-likeness (QED) is 0.313. The van der Waals surface area contributed by atoms with Crippen LogP contribution in [0.1, 0.15) is 40.8 Å². The number of anilines is 3. The number of aromatic nitrogens is 1. The summed E-state index contributed by atoms with van der Waals surface area (Å²) in [5.41, 5.74) is 15.9. The Morgan fingerprint density at radius 2 is 1.91 bits per heavy atom. The molecule has 3 aromatic rings. The molecule has 176 valence electrons. The van der Waals surface area contributed by atoms with Crippen molar-refractivity contribution in [2.24, 2.45) is 4.99 Å². The van der Waals surface area contributed by atoms with Gasteiger partial charge in [-0.05, 0) is 42.7 Å². The molecule has 0 aliphatic carbocycles. The summed E-state index contributed by atoms with van der Waals surface area (Å²) < 4.78 is 11.9. The Labute approximate surface area is 202 Å². The Morgan fingerprint density at radius 1 is 1.11 bits per heavy atom. The number of nitriles is 2. The second-order valence-corrected chi connectivity index (χ2v) is 7.76. The lowest BCUT2D eigenvalue weighted by Gasteiger charge is -2.26. The average Bonchev–Trinajstić information content (AvgIpc) is 2.84. The van der Waals surface area contributed by atoms with Crippen molar-refractivity contribution in [1.29, 1.82) is 10.5 Å². The van der Waals surface area contributed by atoms with Crippen LogP contribution in [0.25, 0.3) is 0 Å². The Balaban J connectivity index is 1.76. The number of ether oxygens (including phenoxy) is 2. The lowest BCUT2D eigenvalue weighted by Crippen LogP contribution is -2.32. The van der Waals surface area contributed by atoms with Crippen LogP contribution in [0.2, 0.25) is 0 Å². The van der Waals surface area contributed by atoms with Gasteiger partial charge >= 0.3 is 0 Å². The molecule has 6 N–H and O–H groups in total. The highest BCUT2D eigenvalue weighted by Gasteiger charge is 2.30. The van der Waals surface area contributed by atoms with Crippen LogP contribution in [0.15, 0.2) is 47.5 Å². The number of aryl methyl sites for hydroxylation is 1. The summed E-state index contributed by atoms with van der Waals surface area (Å²) in [5, 5.41) is 24.0. The van der Waals surface area contributed by atoms with Crippen molar-refractivity contribution < 1.29 is 9.47 Å². The van der Waals surface area contributed by atoms with Crippen molar-refractivity contribution in [2.45, 2.75) is 26.5 Å². The maximum atomic E-state index is 9.52. The van der Waals surface area contributed by atoms with Gasteiger partial charge in [0.1, 0.15) is 35.9 Å². The molecular weight excluding hydrogens is 444 g/mol. The third-order valence-corrected chi connectivity index (χ3v) is 5.59. The van der Waals surface area contributed by atoms with E-state index in [0.29, 0.717) is 41.7 Å². The first kappa shape index (κ1) is 23.2. The normalized spacial score (nSPS) is 13.9. The molecule has 2 heterocycles. The smallest absolute Gasteiger partial charge is 0.211 e. The number of nitrogens with zero attached hydrogens (tertiary/aromatic N) is 4. The van der Waals surface area contributed by atoms with Crippen LogP contribution in [-0.4, -0.2) is 17.6 Å². The number of aliphatic imine (C=N–C) groups is 1. The van der Waals surface area contributed by atoms with Crippen LogP contribution >= 0.6 is 0 Å². The van der Waals surface area contributed by atoms with Gasteiger partial charge in [-0.25, -0.2) is 9.98 Å². The summed E-state index contributed by atoms with van der Waals surface area (Å²) in [5.74, 6) is 1.59. The standard InChI is InChI=1S/C25H24N8O2/c1-3-34-19-10-15(8-9-18(19)35-12-16-7-5-4-6-14(16)2)22-20-21(28)17(11-26)23(29)32-24(20)33-25(31-22)30-13-27/h4-10,22H,3,12H2,1-2H3,(H6,28,29,30,31,32,33). The molecule has 0 amide bonds. The number of benzene rings is 2. The first-order valence-electron chi connectivity index (χ1n) is 10.9. The topological polar surface area (TPSA) is 167 Å². The van der Waals surface area contributed by atoms with Crippen LogP contribution in [0, 0.1) is 29.7 Å². The molecular formula is C25H24N8O2. The molecule has 10 heteroatoms. The summed E-state index contributed by atoms with van der Waals surface area (Å²) in [4.78, 5) is 8.87. The van der Waals surface area contributed by atoms with Gasteiger partial charge in [-0.3, -0.25) is 5.32 Å². The van der Waals surface area contributed by atoms with Crippen molar-refractivity contribution in [2.75, 3.05) is 23.4 Å². The SMILES string of the molecule is CCOc1cc(C2N=C(NC#N)Nc3nc(N)c(C#N)c(N)c32)ccc1OCc1ccccc1C. The molecule has 0 saturated heterocycles.